The largest absolute Gasteiger partial charge is 0.373 e. The van der Waals surface area contributed by atoms with Crippen LogP contribution in [0.5, 0.6) is 0 Å². The Kier molecular flexibility index (Phi) is 5.99. The lowest BCUT2D eigenvalue weighted by Gasteiger charge is -2.21. The van der Waals surface area contributed by atoms with Gasteiger partial charge in [0.25, 0.3) is 0 Å². The average Bonchev–Trinajstić information content (AvgIpc) is 3.42. The second-order valence-corrected chi connectivity index (χ2v) is 7.02. The number of hydrogen-bond donors (Lipinski definition) is 0. The molecule has 1 aromatic rings. The van der Waals surface area contributed by atoms with Gasteiger partial charge >= 0.3 is 0 Å². The Morgan fingerprint density at radius 2 is 2.04 bits per heavy atom. The third-order valence-corrected chi connectivity index (χ3v) is 5.12. The van der Waals surface area contributed by atoms with Crippen molar-refractivity contribution in [3.63, 3.8) is 0 Å². The number of nitrogens with zero attached hydrogens (tertiary/aromatic N) is 2. The van der Waals surface area contributed by atoms with Crippen molar-refractivity contribution in [1.82, 2.24) is 9.80 Å². The third-order valence-electron chi connectivity index (χ3n) is 4.39. The van der Waals surface area contributed by atoms with Gasteiger partial charge in [-0.25, -0.2) is 0 Å². The standard InChI is InChI=1S/C18H20Cl2N2O3/c19-15-3-1-13(11-16(15)20)2-4-17(23)22-8-6-18(24)21(9-10-22)7-5-14-12-25-14/h1-4,11,14H,5-10,12H2/t14-/m1/s1. The molecule has 2 fully saturated rings. The number of ether oxygens (including phenoxy) is 1. The highest BCUT2D eigenvalue weighted by atomic mass is 35.5. The van der Waals surface area contributed by atoms with Crippen LogP contribution in [0.4, 0.5) is 0 Å². The van der Waals surface area contributed by atoms with Crippen molar-refractivity contribution in [3.05, 3.63) is 39.9 Å². The zero-order valence-electron chi connectivity index (χ0n) is 13.8. The first-order chi connectivity index (χ1) is 12.0. The van der Waals surface area contributed by atoms with Crippen molar-refractivity contribution in [1.29, 1.82) is 0 Å². The number of amides is 2. The fourth-order valence-electron chi connectivity index (χ4n) is 2.75. The second kappa shape index (κ2) is 8.21. The Bertz CT molecular complexity index is 689. The number of halogens is 2. The normalized spacial score (nSPS) is 20.9. The molecule has 0 saturated carbocycles. The molecule has 0 bridgehead atoms. The first-order valence-electron chi connectivity index (χ1n) is 8.34. The molecular formula is C18H20Cl2N2O3. The van der Waals surface area contributed by atoms with E-state index in [1.807, 2.05) is 4.90 Å². The highest BCUT2D eigenvalue weighted by Gasteiger charge is 2.26. The van der Waals surface area contributed by atoms with Crippen LogP contribution in [0.2, 0.25) is 10.0 Å². The summed E-state index contributed by atoms with van der Waals surface area (Å²) in [6.07, 6.45) is 4.76. The fourth-order valence-corrected chi connectivity index (χ4v) is 3.05. The van der Waals surface area contributed by atoms with Gasteiger partial charge in [0.1, 0.15) is 0 Å². The zero-order chi connectivity index (χ0) is 17.8. The summed E-state index contributed by atoms with van der Waals surface area (Å²) in [4.78, 5) is 28.1. The highest BCUT2D eigenvalue weighted by molar-refractivity contribution is 6.42. The summed E-state index contributed by atoms with van der Waals surface area (Å²) in [6, 6.07) is 5.20. The van der Waals surface area contributed by atoms with Gasteiger partial charge in [-0.05, 0) is 30.2 Å². The molecule has 134 valence electrons. The van der Waals surface area contributed by atoms with E-state index in [-0.39, 0.29) is 11.8 Å². The van der Waals surface area contributed by atoms with Gasteiger partial charge in [0.05, 0.1) is 22.8 Å². The number of carbonyl (C=O) groups is 2. The van der Waals surface area contributed by atoms with Gasteiger partial charge in [0.2, 0.25) is 11.8 Å². The van der Waals surface area contributed by atoms with Crippen LogP contribution in [0.25, 0.3) is 6.08 Å². The molecule has 2 amide bonds. The first-order valence-corrected chi connectivity index (χ1v) is 9.10. The zero-order valence-corrected chi connectivity index (χ0v) is 15.3. The lowest BCUT2D eigenvalue weighted by atomic mass is 10.2. The van der Waals surface area contributed by atoms with E-state index in [2.05, 4.69) is 0 Å². The second-order valence-electron chi connectivity index (χ2n) is 6.21. The van der Waals surface area contributed by atoms with E-state index in [0.29, 0.717) is 48.7 Å². The molecule has 0 N–H and O–H groups in total. The Morgan fingerprint density at radius 3 is 2.76 bits per heavy atom. The minimum absolute atomic E-state index is 0.101. The summed E-state index contributed by atoms with van der Waals surface area (Å²) in [5.41, 5.74) is 0.805. The van der Waals surface area contributed by atoms with Gasteiger partial charge in [-0.2, -0.15) is 0 Å². The van der Waals surface area contributed by atoms with Crippen molar-refractivity contribution < 1.29 is 14.3 Å². The maximum atomic E-state index is 12.4. The molecule has 0 radical (unpaired) electrons. The van der Waals surface area contributed by atoms with Gasteiger partial charge in [-0.15, -0.1) is 0 Å². The first kappa shape index (κ1) is 18.2. The molecule has 2 aliphatic rings. The van der Waals surface area contributed by atoms with Crippen LogP contribution in [0.1, 0.15) is 18.4 Å². The van der Waals surface area contributed by atoms with Crippen LogP contribution < -0.4 is 0 Å². The smallest absolute Gasteiger partial charge is 0.246 e. The fraction of sp³-hybridized carbons (Fsp3) is 0.444. The van der Waals surface area contributed by atoms with Gasteiger partial charge in [-0.1, -0.05) is 29.3 Å². The van der Waals surface area contributed by atoms with Crippen LogP contribution in [0.15, 0.2) is 24.3 Å². The van der Waals surface area contributed by atoms with E-state index in [4.69, 9.17) is 27.9 Å². The van der Waals surface area contributed by atoms with E-state index in [9.17, 15) is 9.59 Å². The SMILES string of the molecule is O=C(C=Cc1ccc(Cl)c(Cl)c1)N1CCC(=O)N(CC[C@@H]2CO2)CC1. The minimum Gasteiger partial charge on any atom is -0.373 e. The average molecular weight is 383 g/mol. The van der Waals surface area contributed by atoms with Crippen molar-refractivity contribution in [2.45, 2.75) is 18.9 Å². The Labute approximate surface area is 157 Å². The topological polar surface area (TPSA) is 53.2 Å². The summed E-state index contributed by atoms with van der Waals surface area (Å²) in [7, 11) is 0. The Balaban J connectivity index is 1.55. The monoisotopic (exact) mass is 382 g/mol. The molecule has 3 rings (SSSR count). The maximum Gasteiger partial charge on any atom is 0.246 e. The Morgan fingerprint density at radius 1 is 1.24 bits per heavy atom. The van der Waals surface area contributed by atoms with E-state index in [1.165, 1.54) is 6.08 Å². The molecule has 7 heteroatoms. The maximum absolute atomic E-state index is 12.4. The Hall–Kier alpha value is -1.56. The van der Waals surface area contributed by atoms with Gasteiger partial charge < -0.3 is 14.5 Å². The van der Waals surface area contributed by atoms with Crippen LogP contribution in [-0.2, 0) is 14.3 Å². The predicted molar refractivity (Wildman–Crippen MR) is 97.6 cm³/mol. The van der Waals surface area contributed by atoms with Crippen molar-refractivity contribution >= 4 is 41.1 Å². The molecule has 25 heavy (non-hydrogen) atoms. The summed E-state index contributed by atoms with van der Waals surface area (Å²) in [5.74, 6) is -0.00402. The minimum atomic E-state index is -0.105. The van der Waals surface area contributed by atoms with E-state index >= 15 is 0 Å². The number of benzene rings is 1. The van der Waals surface area contributed by atoms with Gasteiger partial charge in [0.15, 0.2) is 0 Å². The molecule has 0 spiro atoms. The molecule has 2 saturated heterocycles. The molecule has 1 aromatic carbocycles. The van der Waals surface area contributed by atoms with Crippen LogP contribution in [0.3, 0.4) is 0 Å². The summed E-state index contributed by atoms with van der Waals surface area (Å²) in [6.45, 7) is 3.05. The number of hydrogen-bond acceptors (Lipinski definition) is 3. The molecule has 2 heterocycles. The van der Waals surface area contributed by atoms with Crippen molar-refractivity contribution in [2.24, 2.45) is 0 Å². The molecule has 0 unspecified atom stereocenters. The summed E-state index contributed by atoms with van der Waals surface area (Å²) in [5, 5.41) is 0.930. The summed E-state index contributed by atoms with van der Waals surface area (Å²) >= 11 is 11.9. The summed E-state index contributed by atoms with van der Waals surface area (Å²) < 4.78 is 5.19. The van der Waals surface area contributed by atoms with Crippen molar-refractivity contribution in [3.8, 4) is 0 Å². The number of carbonyl (C=O) groups excluding carboxylic acids is 2. The van der Waals surface area contributed by atoms with Crippen molar-refractivity contribution in [2.75, 3.05) is 32.8 Å². The molecular weight excluding hydrogens is 363 g/mol. The number of rotatable bonds is 5. The quantitative estimate of drug-likeness (QED) is 0.581. The van der Waals surface area contributed by atoms with E-state index < -0.39 is 0 Å². The third kappa shape index (κ3) is 5.21. The van der Waals surface area contributed by atoms with Gasteiger partial charge in [0, 0.05) is 38.7 Å². The van der Waals surface area contributed by atoms with Crippen LogP contribution >= 0.6 is 23.2 Å². The van der Waals surface area contributed by atoms with E-state index in [0.717, 1.165) is 18.6 Å². The van der Waals surface area contributed by atoms with E-state index in [1.54, 1.807) is 29.2 Å². The lowest BCUT2D eigenvalue weighted by molar-refractivity contribution is -0.130. The van der Waals surface area contributed by atoms with Crippen LogP contribution in [0, 0.1) is 0 Å². The highest BCUT2D eigenvalue weighted by Crippen LogP contribution is 2.23. The van der Waals surface area contributed by atoms with Crippen LogP contribution in [-0.4, -0.2) is 60.5 Å². The number of epoxide rings is 1. The molecule has 0 aromatic heterocycles. The molecule has 2 aliphatic heterocycles. The molecule has 1 atom stereocenters. The van der Waals surface area contributed by atoms with Gasteiger partial charge in [-0.3, -0.25) is 9.59 Å². The molecule has 0 aliphatic carbocycles. The predicted octanol–water partition coefficient (Wildman–Crippen LogP) is 2.86. The lowest BCUT2D eigenvalue weighted by Crippen LogP contribution is -2.36. The molecule has 5 nitrogen and oxygen atoms in total.